The second-order valence-corrected chi connectivity index (χ2v) is 5.91. The molecule has 0 saturated heterocycles. The Bertz CT molecular complexity index is 413. The number of hydrogen-bond donors (Lipinski definition) is 1. The van der Waals surface area contributed by atoms with Crippen molar-refractivity contribution < 1.29 is 0 Å². The Kier molecular flexibility index (Phi) is 5.62. The van der Waals surface area contributed by atoms with E-state index in [2.05, 4.69) is 35.2 Å². The van der Waals surface area contributed by atoms with Crippen LogP contribution in [0.2, 0.25) is 0 Å². The van der Waals surface area contributed by atoms with E-state index in [-0.39, 0.29) is 0 Å². The zero-order chi connectivity index (χ0) is 14.4. The molecule has 0 amide bonds. The third-order valence-corrected chi connectivity index (χ3v) is 4.14. The maximum atomic E-state index is 4.71. The van der Waals surface area contributed by atoms with Gasteiger partial charge < -0.3 is 10.2 Å². The van der Waals surface area contributed by atoms with Gasteiger partial charge in [-0.05, 0) is 25.2 Å². The molecule has 1 fully saturated rings. The highest BCUT2D eigenvalue weighted by Gasteiger charge is 2.17. The van der Waals surface area contributed by atoms with Crippen LogP contribution in [0.1, 0.15) is 51.3 Å². The summed E-state index contributed by atoms with van der Waals surface area (Å²) in [5.74, 6) is 3.76. The van der Waals surface area contributed by atoms with Gasteiger partial charge in [-0.2, -0.15) is 0 Å². The van der Waals surface area contributed by atoms with E-state index in [0.29, 0.717) is 0 Å². The lowest BCUT2D eigenvalue weighted by molar-refractivity contribution is 0.361. The summed E-state index contributed by atoms with van der Waals surface area (Å²) in [5.41, 5.74) is 0. The molecule has 1 N–H and O–H groups in total. The fourth-order valence-corrected chi connectivity index (χ4v) is 2.99. The summed E-state index contributed by atoms with van der Waals surface area (Å²) in [4.78, 5) is 11.5. The molecule has 2 rings (SSSR count). The van der Waals surface area contributed by atoms with E-state index in [1.54, 1.807) is 0 Å². The Morgan fingerprint density at radius 1 is 1.25 bits per heavy atom. The minimum atomic E-state index is 0.830. The summed E-state index contributed by atoms with van der Waals surface area (Å²) < 4.78 is 0. The van der Waals surface area contributed by atoms with Crippen LogP contribution in [0.15, 0.2) is 6.07 Å². The number of rotatable bonds is 6. The topological polar surface area (TPSA) is 41.1 Å². The number of nitrogens with one attached hydrogen (secondary N) is 1. The number of hydrogen-bond acceptors (Lipinski definition) is 4. The van der Waals surface area contributed by atoms with Crippen LogP contribution in [0.5, 0.6) is 0 Å². The molecule has 1 heterocycles. The summed E-state index contributed by atoms with van der Waals surface area (Å²) in [7, 11) is 4.08. The van der Waals surface area contributed by atoms with Crippen molar-refractivity contribution in [3.05, 3.63) is 11.9 Å². The van der Waals surface area contributed by atoms with Crippen molar-refractivity contribution in [1.82, 2.24) is 9.97 Å². The molecule has 112 valence electrons. The molecule has 20 heavy (non-hydrogen) atoms. The first-order valence-corrected chi connectivity index (χ1v) is 7.99. The van der Waals surface area contributed by atoms with Gasteiger partial charge in [0.1, 0.15) is 17.5 Å². The van der Waals surface area contributed by atoms with Crippen LogP contribution in [0.25, 0.3) is 0 Å². The molecule has 0 radical (unpaired) electrons. The molecule has 1 aromatic rings. The largest absolute Gasteiger partial charge is 0.373 e. The van der Waals surface area contributed by atoms with Gasteiger partial charge in [0.2, 0.25) is 0 Å². The minimum absolute atomic E-state index is 0.830. The van der Waals surface area contributed by atoms with Gasteiger partial charge >= 0.3 is 0 Å². The van der Waals surface area contributed by atoms with Gasteiger partial charge in [0.15, 0.2) is 0 Å². The molecule has 1 aromatic heterocycles. The second kappa shape index (κ2) is 7.46. The summed E-state index contributed by atoms with van der Waals surface area (Å²) in [6.45, 7) is 3.28. The molecule has 1 aliphatic carbocycles. The van der Waals surface area contributed by atoms with Crippen LogP contribution in [-0.4, -0.2) is 30.6 Å². The third-order valence-electron chi connectivity index (χ3n) is 4.14. The molecule has 0 bridgehead atoms. The van der Waals surface area contributed by atoms with Crippen molar-refractivity contribution in [2.75, 3.05) is 30.9 Å². The van der Waals surface area contributed by atoms with Crippen molar-refractivity contribution >= 4 is 11.6 Å². The number of nitrogens with zero attached hydrogens (tertiary/aromatic N) is 3. The smallest absolute Gasteiger partial charge is 0.134 e. The molecule has 0 aliphatic heterocycles. The minimum Gasteiger partial charge on any atom is -0.373 e. The zero-order valence-corrected chi connectivity index (χ0v) is 13.2. The molecule has 4 heteroatoms. The summed E-state index contributed by atoms with van der Waals surface area (Å²) in [6, 6.07) is 2.06. The highest BCUT2D eigenvalue weighted by Crippen LogP contribution is 2.26. The van der Waals surface area contributed by atoms with Gasteiger partial charge in [0.05, 0.1) is 0 Å². The van der Waals surface area contributed by atoms with Gasteiger partial charge in [0.25, 0.3) is 0 Å². The van der Waals surface area contributed by atoms with Crippen LogP contribution in [0.3, 0.4) is 0 Å². The van der Waals surface area contributed by atoms with Crippen LogP contribution in [-0.2, 0) is 6.42 Å². The number of anilines is 2. The fourth-order valence-electron chi connectivity index (χ4n) is 2.99. The molecule has 4 nitrogen and oxygen atoms in total. The van der Waals surface area contributed by atoms with E-state index in [0.717, 1.165) is 42.8 Å². The summed E-state index contributed by atoms with van der Waals surface area (Å²) in [6.07, 6.45) is 8.97. The SMILES string of the molecule is CCCc1nc(NC)cc(N(C)CC2CCCCC2)n1. The van der Waals surface area contributed by atoms with Crippen LogP contribution in [0, 0.1) is 5.92 Å². The van der Waals surface area contributed by atoms with E-state index >= 15 is 0 Å². The van der Waals surface area contributed by atoms with Crippen LogP contribution < -0.4 is 10.2 Å². The van der Waals surface area contributed by atoms with Crippen molar-refractivity contribution in [2.24, 2.45) is 5.92 Å². The molecular formula is C16H28N4. The Hall–Kier alpha value is -1.32. The molecular weight excluding hydrogens is 248 g/mol. The third kappa shape index (κ3) is 4.09. The van der Waals surface area contributed by atoms with Gasteiger partial charge in [-0.1, -0.05) is 26.2 Å². The van der Waals surface area contributed by atoms with E-state index < -0.39 is 0 Å². The maximum Gasteiger partial charge on any atom is 0.134 e. The average Bonchev–Trinajstić information content (AvgIpc) is 2.48. The van der Waals surface area contributed by atoms with Gasteiger partial charge in [-0.15, -0.1) is 0 Å². The van der Waals surface area contributed by atoms with E-state index in [1.807, 2.05) is 7.05 Å². The predicted molar refractivity (Wildman–Crippen MR) is 85.4 cm³/mol. The predicted octanol–water partition coefficient (Wildman–Crippen LogP) is 3.49. The first-order chi connectivity index (χ1) is 9.72. The second-order valence-electron chi connectivity index (χ2n) is 5.91. The monoisotopic (exact) mass is 276 g/mol. The molecule has 0 atom stereocenters. The van der Waals surface area contributed by atoms with E-state index in [4.69, 9.17) is 4.98 Å². The van der Waals surface area contributed by atoms with E-state index in [9.17, 15) is 0 Å². The summed E-state index contributed by atoms with van der Waals surface area (Å²) in [5, 5.41) is 3.15. The first-order valence-electron chi connectivity index (χ1n) is 7.99. The van der Waals surface area contributed by atoms with Gasteiger partial charge in [-0.3, -0.25) is 0 Å². The van der Waals surface area contributed by atoms with Gasteiger partial charge in [-0.25, -0.2) is 9.97 Å². The van der Waals surface area contributed by atoms with Crippen LogP contribution >= 0.6 is 0 Å². The summed E-state index contributed by atoms with van der Waals surface area (Å²) >= 11 is 0. The quantitative estimate of drug-likeness (QED) is 0.863. The van der Waals surface area contributed by atoms with Crippen LogP contribution in [0.4, 0.5) is 11.6 Å². The Morgan fingerprint density at radius 3 is 2.65 bits per heavy atom. The number of aryl methyl sites for hydroxylation is 1. The van der Waals surface area contributed by atoms with Gasteiger partial charge in [0, 0.05) is 33.1 Å². The molecule has 0 spiro atoms. The first kappa shape index (κ1) is 15.1. The lowest BCUT2D eigenvalue weighted by Gasteiger charge is -2.28. The van der Waals surface area contributed by atoms with Crippen molar-refractivity contribution in [3.8, 4) is 0 Å². The standard InChI is InChI=1S/C16H28N4/c1-4-8-14-18-15(17-2)11-16(19-14)20(3)12-13-9-6-5-7-10-13/h11,13H,4-10,12H2,1-3H3,(H,17,18,19). The zero-order valence-electron chi connectivity index (χ0n) is 13.2. The Balaban J connectivity index is 2.06. The normalized spacial score (nSPS) is 16.1. The fraction of sp³-hybridized carbons (Fsp3) is 0.750. The van der Waals surface area contributed by atoms with Crippen molar-refractivity contribution in [1.29, 1.82) is 0 Å². The Labute approximate surface area is 123 Å². The average molecular weight is 276 g/mol. The lowest BCUT2D eigenvalue weighted by Crippen LogP contribution is -2.28. The highest BCUT2D eigenvalue weighted by molar-refractivity contribution is 5.48. The molecule has 1 saturated carbocycles. The van der Waals surface area contributed by atoms with E-state index in [1.165, 1.54) is 32.1 Å². The molecule has 1 aliphatic rings. The van der Waals surface area contributed by atoms with Crippen molar-refractivity contribution in [2.45, 2.75) is 51.9 Å². The highest BCUT2D eigenvalue weighted by atomic mass is 15.2. The molecule has 0 unspecified atom stereocenters. The lowest BCUT2D eigenvalue weighted by atomic mass is 9.89. The van der Waals surface area contributed by atoms with Crippen molar-refractivity contribution in [3.63, 3.8) is 0 Å². The maximum absolute atomic E-state index is 4.71. The number of aromatic nitrogens is 2. The molecule has 0 aromatic carbocycles. The Morgan fingerprint density at radius 2 is 2.00 bits per heavy atom.